The van der Waals surface area contributed by atoms with Gasteiger partial charge in [0.15, 0.2) is 0 Å². The van der Waals surface area contributed by atoms with Crippen molar-refractivity contribution in [3.05, 3.63) is 17.5 Å². The fourth-order valence-electron chi connectivity index (χ4n) is 4.32. The Morgan fingerprint density at radius 2 is 2.00 bits per heavy atom. The summed E-state index contributed by atoms with van der Waals surface area (Å²) < 4.78 is 11.4. The predicted octanol–water partition coefficient (Wildman–Crippen LogP) is 3.61. The molecule has 0 spiro atoms. The van der Waals surface area contributed by atoms with Gasteiger partial charge in [-0.05, 0) is 43.7 Å². The monoisotopic (exact) mass is 444 g/mol. The van der Waals surface area contributed by atoms with Crippen LogP contribution in [0.15, 0.2) is 11.4 Å². The summed E-state index contributed by atoms with van der Waals surface area (Å²) >= 11 is 3.05. The van der Waals surface area contributed by atoms with Gasteiger partial charge in [0.05, 0.1) is 30.5 Å². The third kappa shape index (κ3) is 3.42. The zero-order valence-corrected chi connectivity index (χ0v) is 18.8. The van der Waals surface area contributed by atoms with Crippen LogP contribution in [0.3, 0.4) is 0 Å². The Kier molecular flexibility index (Phi) is 5.51. The molecule has 0 amide bonds. The summed E-state index contributed by atoms with van der Waals surface area (Å²) in [6, 6.07) is 0. The molecule has 5 rings (SSSR count). The number of esters is 1. The number of morpholine rings is 1. The zero-order chi connectivity index (χ0) is 20.7. The standard InChI is InChI=1S/C21H24N4O3S2/c1-12(21(26)27-2)29-20-17-16(22-11-23-20)15-13-5-3-4-6-14(13)18(24-19(15)30-17)25-7-9-28-10-8-25/h11-12H,3-10H2,1-2H3/t12-/m0/s1. The van der Waals surface area contributed by atoms with Gasteiger partial charge in [-0.2, -0.15) is 0 Å². The van der Waals surface area contributed by atoms with Gasteiger partial charge in [-0.25, -0.2) is 15.0 Å². The number of hydrogen-bond acceptors (Lipinski definition) is 9. The number of nitrogens with zero attached hydrogens (tertiary/aromatic N) is 4. The number of carbonyl (C=O) groups excluding carboxylic acids is 1. The van der Waals surface area contributed by atoms with Crippen LogP contribution < -0.4 is 4.90 Å². The lowest BCUT2D eigenvalue weighted by Gasteiger charge is -2.31. The number of carbonyl (C=O) groups is 1. The molecule has 1 saturated heterocycles. The summed E-state index contributed by atoms with van der Waals surface area (Å²) in [5.41, 5.74) is 3.74. The first-order valence-corrected chi connectivity index (χ1v) is 12.0. The summed E-state index contributed by atoms with van der Waals surface area (Å²) in [6.07, 6.45) is 6.12. The molecule has 30 heavy (non-hydrogen) atoms. The van der Waals surface area contributed by atoms with Gasteiger partial charge in [-0.15, -0.1) is 11.3 Å². The number of rotatable bonds is 4. The first-order chi connectivity index (χ1) is 14.7. The number of fused-ring (bicyclic) bond motifs is 5. The highest BCUT2D eigenvalue weighted by atomic mass is 32.2. The van der Waals surface area contributed by atoms with Gasteiger partial charge in [0, 0.05) is 18.5 Å². The van der Waals surface area contributed by atoms with Gasteiger partial charge < -0.3 is 14.4 Å². The van der Waals surface area contributed by atoms with Crippen molar-refractivity contribution in [3.63, 3.8) is 0 Å². The number of aryl methyl sites for hydroxylation is 1. The van der Waals surface area contributed by atoms with E-state index in [0.29, 0.717) is 0 Å². The molecule has 0 saturated carbocycles. The highest BCUT2D eigenvalue weighted by Crippen LogP contribution is 2.43. The molecular formula is C21H24N4O3S2. The van der Waals surface area contributed by atoms with E-state index in [1.807, 2.05) is 6.92 Å². The fraction of sp³-hybridized carbons (Fsp3) is 0.524. The molecule has 0 N–H and O–H groups in total. The maximum atomic E-state index is 11.9. The number of pyridine rings is 1. The highest BCUT2D eigenvalue weighted by Gasteiger charge is 2.27. The minimum atomic E-state index is -0.330. The van der Waals surface area contributed by atoms with E-state index >= 15 is 0 Å². The van der Waals surface area contributed by atoms with Crippen LogP contribution in [0, 0.1) is 0 Å². The number of hydrogen-bond donors (Lipinski definition) is 0. The maximum absolute atomic E-state index is 11.9. The van der Waals surface area contributed by atoms with Crippen LogP contribution in [0.5, 0.6) is 0 Å². The Labute approximate surface area is 183 Å². The van der Waals surface area contributed by atoms with Crippen molar-refractivity contribution in [2.45, 2.75) is 42.9 Å². The van der Waals surface area contributed by atoms with Gasteiger partial charge in [0.1, 0.15) is 27.3 Å². The Bertz CT molecular complexity index is 1110. The normalized spacial score (nSPS) is 17.9. The van der Waals surface area contributed by atoms with Gasteiger partial charge in [0.2, 0.25) is 0 Å². The minimum Gasteiger partial charge on any atom is -0.468 e. The first-order valence-electron chi connectivity index (χ1n) is 10.3. The number of ether oxygens (including phenoxy) is 2. The number of thiophene rings is 1. The molecule has 3 aromatic rings. The summed E-state index contributed by atoms with van der Waals surface area (Å²) in [4.78, 5) is 29.6. The summed E-state index contributed by atoms with van der Waals surface area (Å²) in [7, 11) is 1.41. The Morgan fingerprint density at radius 3 is 2.77 bits per heavy atom. The van der Waals surface area contributed by atoms with Crippen molar-refractivity contribution >= 4 is 55.3 Å². The van der Waals surface area contributed by atoms with Gasteiger partial charge in [0.25, 0.3) is 0 Å². The molecule has 1 fully saturated rings. The third-order valence-corrected chi connectivity index (χ3v) is 8.09. The SMILES string of the molecule is COC(=O)[C@H](C)Sc1ncnc2c1sc1nc(N3CCOCC3)c3c(c12)CCCC3. The molecule has 158 valence electrons. The Hall–Kier alpha value is -1.97. The molecule has 1 aliphatic carbocycles. The van der Waals surface area contributed by atoms with E-state index in [4.69, 9.17) is 14.5 Å². The van der Waals surface area contributed by atoms with E-state index in [2.05, 4.69) is 14.9 Å². The maximum Gasteiger partial charge on any atom is 0.318 e. The molecule has 9 heteroatoms. The number of thioether (sulfide) groups is 1. The van der Waals surface area contributed by atoms with Crippen molar-refractivity contribution in [3.8, 4) is 0 Å². The van der Waals surface area contributed by atoms with Crippen LogP contribution in [0.25, 0.3) is 20.4 Å². The van der Waals surface area contributed by atoms with Crippen molar-refractivity contribution in [1.82, 2.24) is 15.0 Å². The average molecular weight is 445 g/mol. The second kappa shape index (κ2) is 8.28. The highest BCUT2D eigenvalue weighted by molar-refractivity contribution is 8.00. The van der Waals surface area contributed by atoms with Crippen molar-refractivity contribution in [1.29, 1.82) is 0 Å². The van der Waals surface area contributed by atoms with E-state index < -0.39 is 0 Å². The predicted molar refractivity (Wildman–Crippen MR) is 120 cm³/mol. The zero-order valence-electron chi connectivity index (χ0n) is 17.1. The molecule has 1 aliphatic heterocycles. The van der Waals surface area contributed by atoms with E-state index in [1.54, 1.807) is 17.7 Å². The molecule has 4 heterocycles. The Balaban J connectivity index is 1.67. The van der Waals surface area contributed by atoms with Crippen LogP contribution in [0.1, 0.15) is 30.9 Å². The van der Waals surface area contributed by atoms with Crippen LogP contribution in [0.4, 0.5) is 5.82 Å². The van der Waals surface area contributed by atoms with E-state index in [9.17, 15) is 4.79 Å². The van der Waals surface area contributed by atoms with E-state index in [0.717, 1.165) is 65.0 Å². The number of aromatic nitrogens is 3. The molecule has 2 aliphatic rings. The van der Waals surface area contributed by atoms with Gasteiger partial charge >= 0.3 is 5.97 Å². The molecule has 3 aromatic heterocycles. The summed E-state index contributed by atoms with van der Waals surface area (Å²) in [6.45, 7) is 5.10. The van der Waals surface area contributed by atoms with Crippen molar-refractivity contribution in [2.24, 2.45) is 0 Å². The lowest BCUT2D eigenvalue weighted by atomic mass is 9.90. The number of methoxy groups -OCH3 is 1. The van der Waals surface area contributed by atoms with Crippen LogP contribution >= 0.6 is 23.1 Å². The molecule has 0 radical (unpaired) electrons. The minimum absolute atomic E-state index is 0.252. The van der Waals surface area contributed by atoms with E-state index in [-0.39, 0.29) is 11.2 Å². The van der Waals surface area contributed by atoms with Gasteiger partial charge in [-0.1, -0.05) is 11.8 Å². The molecule has 0 unspecified atom stereocenters. The summed E-state index contributed by atoms with van der Waals surface area (Å²) in [5, 5.41) is 1.67. The first kappa shape index (κ1) is 20.0. The summed E-state index contributed by atoms with van der Waals surface area (Å²) in [5.74, 6) is 0.870. The third-order valence-electron chi connectivity index (χ3n) is 5.80. The van der Waals surface area contributed by atoms with Crippen molar-refractivity contribution in [2.75, 3.05) is 38.3 Å². The lowest BCUT2D eigenvalue weighted by Crippen LogP contribution is -2.37. The average Bonchev–Trinajstić information content (AvgIpc) is 3.18. The molecular weight excluding hydrogens is 420 g/mol. The smallest absolute Gasteiger partial charge is 0.318 e. The van der Waals surface area contributed by atoms with Gasteiger partial charge in [-0.3, -0.25) is 4.79 Å². The quantitative estimate of drug-likeness (QED) is 0.343. The lowest BCUT2D eigenvalue weighted by molar-refractivity contribution is -0.139. The fourth-order valence-corrected chi connectivity index (χ4v) is 6.47. The largest absolute Gasteiger partial charge is 0.468 e. The second-order valence-corrected chi connectivity index (χ2v) is 9.95. The number of anilines is 1. The molecule has 1 atom stereocenters. The van der Waals surface area contributed by atoms with Crippen LogP contribution in [-0.4, -0.2) is 59.6 Å². The molecule has 7 nitrogen and oxygen atoms in total. The second-order valence-electron chi connectivity index (χ2n) is 7.62. The van der Waals surface area contributed by atoms with Crippen LogP contribution in [0.2, 0.25) is 0 Å². The van der Waals surface area contributed by atoms with E-state index in [1.165, 1.54) is 48.2 Å². The van der Waals surface area contributed by atoms with Crippen LogP contribution in [-0.2, 0) is 27.1 Å². The molecule has 0 bridgehead atoms. The topological polar surface area (TPSA) is 77.4 Å². The Morgan fingerprint density at radius 1 is 1.23 bits per heavy atom. The molecule has 0 aromatic carbocycles. The van der Waals surface area contributed by atoms with Crippen molar-refractivity contribution < 1.29 is 14.3 Å².